The lowest BCUT2D eigenvalue weighted by Crippen LogP contribution is -2.49. The molecule has 6 heteroatoms. The molecule has 1 heterocycles. The third-order valence-electron chi connectivity index (χ3n) is 4.11. The van der Waals surface area contributed by atoms with Crippen LogP contribution in [-0.2, 0) is 14.4 Å². The van der Waals surface area contributed by atoms with Crippen molar-refractivity contribution in [1.29, 1.82) is 0 Å². The Morgan fingerprint density at radius 1 is 1.19 bits per heavy atom. The van der Waals surface area contributed by atoms with E-state index in [9.17, 15) is 14.4 Å². The van der Waals surface area contributed by atoms with Crippen molar-refractivity contribution in [2.45, 2.75) is 46.6 Å². The van der Waals surface area contributed by atoms with E-state index >= 15 is 0 Å². The highest BCUT2D eigenvalue weighted by atomic mass is 16.4. The molecule has 1 saturated heterocycles. The van der Waals surface area contributed by atoms with Gasteiger partial charge in [0.15, 0.2) is 0 Å². The summed E-state index contributed by atoms with van der Waals surface area (Å²) in [5, 5.41) is 11.7. The summed E-state index contributed by atoms with van der Waals surface area (Å²) in [6, 6.07) is -0.425. The zero-order valence-corrected chi connectivity index (χ0v) is 13.3. The molecule has 0 saturated carbocycles. The highest BCUT2D eigenvalue weighted by Gasteiger charge is 2.31. The molecule has 6 nitrogen and oxygen atoms in total. The highest BCUT2D eigenvalue weighted by molar-refractivity contribution is 5.82. The topological polar surface area (TPSA) is 86.7 Å². The number of carboxylic acid groups (broad SMARTS) is 1. The van der Waals surface area contributed by atoms with Crippen LogP contribution in [0.2, 0.25) is 0 Å². The molecule has 1 aliphatic heterocycles. The number of nitrogens with zero attached hydrogens (tertiary/aromatic N) is 1. The number of likely N-dealkylation sites (tertiary alicyclic amines) is 1. The van der Waals surface area contributed by atoms with Crippen molar-refractivity contribution in [2.75, 3.05) is 13.1 Å². The third kappa shape index (κ3) is 4.72. The first-order valence-corrected chi connectivity index (χ1v) is 7.56. The SMILES string of the molecule is CC(C)C(=O)N1CCCC(C(=O)NC(C)C(C)C(=O)O)C1. The van der Waals surface area contributed by atoms with Gasteiger partial charge >= 0.3 is 5.97 Å². The van der Waals surface area contributed by atoms with Crippen LogP contribution in [0.15, 0.2) is 0 Å². The fourth-order valence-electron chi connectivity index (χ4n) is 2.44. The molecule has 120 valence electrons. The van der Waals surface area contributed by atoms with E-state index in [1.807, 2.05) is 13.8 Å². The molecule has 2 amide bonds. The number of aliphatic carboxylic acids is 1. The quantitative estimate of drug-likeness (QED) is 0.796. The summed E-state index contributed by atoms with van der Waals surface area (Å²) in [5.41, 5.74) is 0. The second-order valence-corrected chi connectivity index (χ2v) is 6.20. The average molecular weight is 298 g/mol. The van der Waals surface area contributed by atoms with Crippen LogP contribution in [0.4, 0.5) is 0 Å². The predicted molar refractivity (Wildman–Crippen MR) is 78.5 cm³/mol. The summed E-state index contributed by atoms with van der Waals surface area (Å²) in [5.74, 6) is -1.96. The molecule has 0 spiro atoms. The van der Waals surface area contributed by atoms with Crippen LogP contribution in [0.3, 0.4) is 0 Å². The number of carboxylic acids is 1. The van der Waals surface area contributed by atoms with E-state index in [0.29, 0.717) is 13.1 Å². The van der Waals surface area contributed by atoms with E-state index in [2.05, 4.69) is 5.32 Å². The Balaban J connectivity index is 2.58. The van der Waals surface area contributed by atoms with Crippen molar-refractivity contribution >= 4 is 17.8 Å². The fraction of sp³-hybridized carbons (Fsp3) is 0.800. The molecule has 0 aromatic rings. The number of piperidine rings is 1. The maximum absolute atomic E-state index is 12.2. The van der Waals surface area contributed by atoms with E-state index in [1.165, 1.54) is 0 Å². The van der Waals surface area contributed by atoms with E-state index in [1.54, 1.807) is 18.7 Å². The Morgan fingerprint density at radius 2 is 1.81 bits per heavy atom. The van der Waals surface area contributed by atoms with Crippen LogP contribution >= 0.6 is 0 Å². The van der Waals surface area contributed by atoms with Crippen molar-refractivity contribution < 1.29 is 19.5 Å². The first-order chi connectivity index (χ1) is 9.73. The number of nitrogens with one attached hydrogen (secondary N) is 1. The Bertz CT molecular complexity index is 408. The van der Waals surface area contributed by atoms with Crippen LogP contribution < -0.4 is 5.32 Å². The Hall–Kier alpha value is -1.59. The lowest BCUT2D eigenvalue weighted by Gasteiger charge is -2.34. The van der Waals surface area contributed by atoms with E-state index < -0.39 is 17.9 Å². The normalized spacial score (nSPS) is 21.8. The van der Waals surface area contributed by atoms with Crippen LogP contribution in [0.1, 0.15) is 40.5 Å². The molecule has 0 aromatic carbocycles. The third-order valence-corrected chi connectivity index (χ3v) is 4.11. The molecule has 1 rings (SSSR count). The summed E-state index contributed by atoms with van der Waals surface area (Å²) in [6.07, 6.45) is 1.54. The van der Waals surface area contributed by atoms with Crippen molar-refractivity contribution in [3.05, 3.63) is 0 Å². The first kappa shape index (κ1) is 17.5. The van der Waals surface area contributed by atoms with Crippen LogP contribution in [0.25, 0.3) is 0 Å². The van der Waals surface area contributed by atoms with Gasteiger partial charge in [-0.3, -0.25) is 14.4 Å². The summed E-state index contributed by atoms with van der Waals surface area (Å²) in [7, 11) is 0. The van der Waals surface area contributed by atoms with Crippen molar-refractivity contribution in [3.63, 3.8) is 0 Å². The summed E-state index contributed by atoms with van der Waals surface area (Å²) in [6.45, 7) is 8.09. The molecule has 0 aromatic heterocycles. The smallest absolute Gasteiger partial charge is 0.308 e. The van der Waals surface area contributed by atoms with Gasteiger partial charge in [-0.1, -0.05) is 13.8 Å². The molecule has 0 bridgehead atoms. The fourth-order valence-corrected chi connectivity index (χ4v) is 2.44. The van der Waals surface area contributed by atoms with Gasteiger partial charge in [0.25, 0.3) is 0 Å². The number of hydrogen-bond donors (Lipinski definition) is 2. The van der Waals surface area contributed by atoms with E-state index in [-0.39, 0.29) is 23.7 Å². The van der Waals surface area contributed by atoms with E-state index in [0.717, 1.165) is 12.8 Å². The molecule has 2 N–H and O–H groups in total. The van der Waals surface area contributed by atoms with E-state index in [4.69, 9.17) is 5.11 Å². The van der Waals surface area contributed by atoms with Gasteiger partial charge in [-0.05, 0) is 26.7 Å². The van der Waals surface area contributed by atoms with Crippen molar-refractivity contribution in [2.24, 2.45) is 17.8 Å². The molecule has 0 radical (unpaired) electrons. The lowest BCUT2D eigenvalue weighted by atomic mass is 9.95. The number of carbonyl (C=O) groups excluding carboxylic acids is 2. The summed E-state index contributed by atoms with van der Waals surface area (Å²) < 4.78 is 0. The zero-order chi connectivity index (χ0) is 16.2. The molecule has 1 aliphatic rings. The molecule has 3 unspecified atom stereocenters. The first-order valence-electron chi connectivity index (χ1n) is 7.56. The number of amides is 2. The monoisotopic (exact) mass is 298 g/mol. The minimum absolute atomic E-state index is 0.0689. The van der Waals surface area contributed by atoms with Crippen LogP contribution in [0, 0.1) is 17.8 Å². The number of carbonyl (C=O) groups is 3. The molecule has 0 aliphatic carbocycles. The molecule has 1 fully saturated rings. The van der Waals surface area contributed by atoms with Gasteiger partial charge in [0.1, 0.15) is 0 Å². The lowest BCUT2D eigenvalue weighted by molar-refractivity contribution is -0.142. The van der Waals surface area contributed by atoms with Gasteiger partial charge in [-0.2, -0.15) is 0 Å². The molecular formula is C15H26N2O4. The van der Waals surface area contributed by atoms with Crippen LogP contribution in [-0.4, -0.2) is 46.9 Å². The second-order valence-electron chi connectivity index (χ2n) is 6.20. The standard InChI is InChI=1S/C15H26N2O4/c1-9(2)14(19)17-7-5-6-12(8-17)13(18)16-11(4)10(3)15(20)21/h9-12H,5-8H2,1-4H3,(H,16,18)(H,20,21). The van der Waals surface area contributed by atoms with Gasteiger partial charge in [-0.15, -0.1) is 0 Å². The van der Waals surface area contributed by atoms with Gasteiger partial charge < -0.3 is 15.3 Å². The second kappa shape index (κ2) is 7.43. The van der Waals surface area contributed by atoms with Crippen molar-refractivity contribution in [3.8, 4) is 0 Å². The molecular weight excluding hydrogens is 272 g/mol. The Morgan fingerprint density at radius 3 is 2.33 bits per heavy atom. The van der Waals surface area contributed by atoms with Gasteiger partial charge in [0, 0.05) is 25.0 Å². The zero-order valence-electron chi connectivity index (χ0n) is 13.3. The number of hydrogen-bond acceptors (Lipinski definition) is 3. The maximum atomic E-state index is 12.2. The minimum Gasteiger partial charge on any atom is -0.481 e. The maximum Gasteiger partial charge on any atom is 0.308 e. The summed E-state index contributed by atoms with van der Waals surface area (Å²) in [4.78, 5) is 36.9. The summed E-state index contributed by atoms with van der Waals surface area (Å²) >= 11 is 0. The van der Waals surface area contributed by atoms with Crippen molar-refractivity contribution in [1.82, 2.24) is 10.2 Å². The minimum atomic E-state index is -0.928. The van der Waals surface area contributed by atoms with Gasteiger partial charge in [-0.25, -0.2) is 0 Å². The van der Waals surface area contributed by atoms with Gasteiger partial charge in [0.05, 0.1) is 11.8 Å². The number of rotatable bonds is 5. The molecule has 3 atom stereocenters. The highest BCUT2D eigenvalue weighted by Crippen LogP contribution is 2.19. The Labute approximate surface area is 125 Å². The van der Waals surface area contributed by atoms with Crippen LogP contribution in [0.5, 0.6) is 0 Å². The Kier molecular flexibility index (Phi) is 6.18. The molecule has 21 heavy (non-hydrogen) atoms. The largest absolute Gasteiger partial charge is 0.481 e. The predicted octanol–water partition coefficient (Wildman–Crippen LogP) is 1.11. The average Bonchev–Trinajstić information content (AvgIpc) is 2.45. The van der Waals surface area contributed by atoms with Gasteiger partial charge in [0.2, 0.25) is 11.8 Å².